The van der Waals surface area contributed by atoms with Crippen LogP contribution >= 0.6 is 11.3 Å². The summed E-state index contributed by atoms with van der Waals surface area (Å²) in [5.74, 6) is -0.422. The summed E-state index contributed by atoms with van der Waals surface area (Å²) in [6, 6.07) is 19.7. The highest BCUT2D eigenvalue weighted by molar-refractivity contribution is 7.92. The zero-order valence-corrected chi connectivity index (χ0v) is 19.2. The van der Waals surface area contributed by atoms with E-state index in [1.165, 1.54) is 35.6 Å². The van der Waals surface area contributed by atoms with E-state index in [0.29, 0.717) is 34.0 Å². The summed E-state index contributed by atoms with van der Waals surface area (Å²) in [7, 11) is -3.84. The van der Waals surface area contributed by atoms with Crippen molar-refractivity contribution in [3.8, 4) is 0 Å². The van der Waals surface area contributed by atoms with Crippen molar-refractivity contribution in [1.82, 2.24) is 4.98 Å². The summed E-state index contributed by atoms with van der Waals surface area (Å²) in [4.78, 5) is 28.3. The van der Waals surface area contributed by atoms with E-state index in [0.717, 1.165) is 4.70 Å². The van der Waals surface area contributed by atoms with Gasteiger partial charge in [-0.25, -0.2) is 13.4 Å². The number of carbonyl (C=O) groups excluding carboxylic acids is 2. The maximum Gasteiger partial charge on any atom is 0.261 e. The smallest absolute Gasteiger partial charge is 0.261 e. The number of benzene rings is 3. The zero-order valence-electron chi connectivity index (χ0n) is 17.5. The molecule has 168 valence electrons. The van der Waals surface area contributed by atoms with E-state index in [-0.39, 0.29) is 16.7 Å². The SMILES string of the molecule is CCC(=O)Nc1ccc(S(=O)(=O)Nc2ccc3sc(NC(=O)c4ccccc4)nc3c2)cc1. The average Bonchev–Trinajstić information content (AvgIpc) is 3.21. The van der Waals surface area contributed by atoms with Gasteiger partial charge in [0.25, 0.3) is 15.9 Å². The number of nitrogens with one attached hydrogen (secondary N) is 3. The van der Waals surface area contributed by atoms with Gasteiger partial charge in [-0.15, -0.1) is 0 Å². The quantitative estimate of drug-likeness (QED) is 0.354. The number of rotatable bonds is 7. The van der Waals surface area contributed by atoms with E-state index in [9.17, 15) is 18.0 Å². The Balaban J connectivity index is 1.49. The Morgan fingerprint density at radius 1 is 0.909 bits per heavy atom. The molecule has 0 aliphatic heterocycles. The molecule has 33 heavy (non-hydrogen) atoms. The van der Waals surface area contributed by atoms with Gasteiger partial charge in [0.15, 0.2) is 5.13 Å². The molecule has 2 amide bonds. The van der Waals surface area contributed by atoms with Crippen molar-refractivity contribution in [2.45, 2.75) is 18.2 Å². The van der Waals surface area contributed by atoms with E-state index in [2.05, 4.69) is 20.3 Å². The van der Waals surface area contributed by atoms with Crippen molar-refractivity contribution in [3.63, 3.8) is 0 Å². The molecule has 0 radical (unpaired) electrons. The molecule has 1 aromatic heterocycles. The molecule has 0 atom stereocenters. The molecule has 0 aliphatic carbocycles. The van der Waals surface area contributed by atoms with Crippen molar-refractivity contribution in [1.29, 1.82) is 0 Å². The molecule has 4 aromatic rings. The largest absolute Gasteiger partial charge is 0.326 e. The van der Waals surface area contributed by atoms with E-state index in [1.807, 2.05) is 6.07 Å². The van der Waals surface area contributed by atoms with Crippen LogP contribution in [0.5, 0.6) is 0 Å². The van der Waals surface area contributed by atoms with Gasteiger partial charge < -0.3 is 5.32 Å². The molecule has 0 aliphatic rings. The first-order valence-corrected chi connectivity index (χ1v) is 12.3. The highest BCUT2D eigenvalue weighted by Crippen LogP contribution is 2.29. The predicted octanol–water partition coefficient (Wildman–Crippen LogP) is 4.70. The van der Waals surface area contributed by atoms with Crippen LogP contribution < -0.4 is 15.4 Å². The first-order valence-electron chi connectivity index (χ1n) is 10.0. The Bertz CT molecular complexity index is 1420. The Morgan fingerprint density at radius 3 is 2.30 bits per heavy atom. The molecule has 3 N–H and O–H groups in total. The lowest BCUT2D eigenvalue weighted by Crippen LogP contribution is -2.13. The Labute approximate surface area is 194 Å². The molecule has 0 saturated heterocycles. The van der Waals surface area contributed by atoms with Crippen LogP contribution in [0.4, 0.5) is 16.5 Å². The van der Waals surface area contributed by atoms with Gasteiger partial charge >= 0.3 is 0 Å². The van der Waals surface area contributed by atoms with Crippen LogP contribution in [0.3, 0.4) is 0 Å². The number of hydrogen-bond acceptors (Lipinski definition) is 6. The summed E-state index contributed by atoms with van der Waals surface area (Å²) < 4.78 is 28.9. The highest BCUT2D eigenvalue weighted by atomic mass is 32.2. The first-order chi connectivity index (χ1) is 15.8. The lowest BCUT2D eigenvalue weighted by Gasteiger charge is -2.09. The minimum absolute atomic E-state index is 0.0613. The lowest BCUT2D eigenvalue weighted by molar-refractivity contribution is -0.115. The third kappa shape index (κ3) is 5.36. The number of aromatic nitrogens is 1. The predicted molar refractivity (Wildman–Crippen MR) is 130 cm³/mol. The van der Waals surface area contributed by atoms with Gasteiger partial charge in [0.1, 0.15) is 0 Å². The second-order valence-corrected chi connectivity index (χ2v) is 9.77. The molecule has 0 unspecified atom stereocenters. The van der Waals surface area contributed by atoms with Crippen LogP contribution in [-0.4, -0.2) is 25.2 Å². The Morgan fingerprint density at radius 2 is 1.61 bits per heavy atom. The van der Waals surface area contributed by atoms with Crippen LogP contribution in [0.25, 0.3) is 10.2 Å². The number of amides is 2. The third-order valence-corrected chi connectivity index (χ3v) is 7.01. The van der Waals surface area contributed by atoms with Gasteiger partial charge in [0, 0.05) is 17.7 Å². The molecule has 3 aromatic carbocycles. The molecule has 0 saturated carbocycles. The Kier molecular flexibility index (Phi) is 6.38. The standard InChI is InChI=1S/C23H20N4O4S2/c1-2-21(28)24-16-8-11-18(12-9-16)33(30,31)27-17-10-13-20-19(14-17)25-23(32-20)26-22(29)15-6-4-3-5-7-15/h3-14,27H,2H2,1H3,(H,24,28)(H,25,26,29). The third-order valence-electron chi connectivity index (χ3n) is 4.67. The number of fused-ring (bicyclic) bond motifs is 1. The molecule has 4 rings (SSSR count). The normalized spacial score (nSPS) is 11.2. The van der Waals surface area contributed by atoms with Gasteiger partial charge in [0.05, 0.1) is 20.8 Å². The van der Waals surface area contributed by atoms with E-state index in [1.54, 1.807) is 49.4 Å². The van der Waals surface area contributed by atoms with Crippen LogP contribution in [0.1, 0.15) is 23.7 Å². The van der Waals surface area contributed by atoms with Gasteiger partial charge in [0.2, 0.25) is 5.91 Å². The van der Waals surface area contributed by atoms with Crippen LogP contribution in [-0.2, 0) is 14.8 Å². The number of carbonyl (C=O) groups is 2. The Hall–Kier alpha value is -3.76. The van der Waals surface area contributed by atoms with Crippen LogP contribution in [0, 0.1) is 0 Å². The fraction of sp³-hybridized carbons (Fsp3) is 0.0870. The van der Waals surface area contributed by atoms with Crippen molar-refractivity contribution >= 4 is 59.9 Å². The van der Waals surface area contributed by atoms with Gasteiger partial charge in [-0.1, -0.05) is 36.5 Å². The average molecular weight is 481 g/mol. The lowest BCUT2D eigenvalue weighted by atomic mass is 10.2. The molecular weight excluding hydrogens is 460 g/mol. The fourth-order valence-electron chi connectivity index (χ4n) is 2.98. The number of thiazole rings is 1. The number of nitrogens with zero attached hydrogens (tertiary/aromatic N) is 1. The maximum atomic E-state index is 12.8. The molecule has 1 heterocycles. The van der Waals surface area contributed by atoms with E-state index >= 15 is 0 Å². The topological polar surface area (TPSA) is 117 Å². The summed E-state index contributed by atoms with van der Waals surface area (Å²) in [5, 5.41) is 5.86. The van der Waals surface area contributed by atoms with E-state index in [4.69, 9.17) is 0 Å². The van der Waals surface area contributed by atoms with Crippen molar-refractivity contribution < 1.29 is 18.0 Å². The number of anilines is 3. The maximum absolute atomic E-state index is 12.8. The molecule has 0 bridgehead atoms. The fourth-order valence-corrected chi connectivity index (χ4v) is 4.87. The number of sulfonamides is 1. The molecule has 10 heteroatoms. The molecule has 8 nitrogen and oxygen atoms in total. The van der Waals surface area contributed by atoms with Gasteiger partial charge in [-0.3, -0.25) is 19.6 Å². The van der Waals surface area contributed by atoms with Crippen LogP contribution in [0.15, 0.2) is 77.7 Å². The summed E-state index contributed by atoms with van der Waals surface area (Å²) >= 11 is 1.30. The van der Waals surface area contributed by atoms with Gasteiger partial charge in [-0.05, 0) is 54.6 Å². The highest BCUT2D eigenvalue weighted by Gasteiger charge is 2.16. The minimum atomic E-state index is -3.84. The van der Waals surface area contributed by atoms with Gasteiger partial charge in [-0.2, -0.15) is 0 Å². The summed E-state index contributed by atoms with van der Waals surface area (Å²) in [5.41, 5.74) is 1.94. The second-order valence-electron chi connectivity index (χ2n) is 7.05. The molecular formula is C23H20N4O4S2. The zero-order chi connectivity index (χ0) is 23.4. The monoisotopic (exact) mass is 480 g/mol. The second kappa shape index (κ2) is 9.39. The summed E-state index contributed by atoms with van der Waals surface area (Å²) in [6.07, 6.45) is 0.332. The molecule has 0 fully saturated rings. The van der Waals surface area contributed by atoms with Crippen LogP contribution in [0.2, 0.25) is 0 Å². The van der Waals surface area contributed by atoms with Crippen molar-refractivity contribution in [3.05, 3.63) is 78.4 Å². The minimum Gasteiger partial charge on any atom is -0.326 e. The first kappa shape index (κ1) is 22.4. The van der Waals surface area contributed by atoms with Crippen molar-refractivity contribution in [2.24, 2.45) is 0 Å². The van der Waals surface area contributed by atoms with E-state index < -0.39 is 10.0 Å². The molecule has 0 spiro atoms. The van der Waals surface area contributed by atoms with Crippen molar-refractivity contribution in [2.75, 3.05) is 15.4 Å². The summed E-state index contributed by atoms with van der Waals surface area (Å²) in [6.45, 7) is 1.73. The number of hydrogen-bond donors (Lipinski definition) is 3.